The first kappa shape index (κ1) is 11.9. The molecule has 0 unspecified atom stereocenters. The van der Waals surface area contributed by atoms with Crippen LogP contribution in [0, 0.1) is 0 Å². The van der Waals surface area contributed by atoms with E-state index in [-0.39, 0.29) is 0 Å². The van der Waals surface area contributed by atoms with Crippen molar-refractivity contribution in [3.63, 3.8) is 0 Å². The highest BCUT2D eigenvalue weighted by atomic mass is 35.5. The van der Waals surface area contributed by atoms with E-state index >= 15 is 0 Å². The lowest BCUT2D eigenvalue weighted by Gasteiger charge is -2.13. The predicted octanol–water partition coefficient (Wildman–Crippen LogP) is 3.50. The summed E-state index contributed by atoms with van der Waals surface area (Å²) < 4.78 is 68.6. The summed E-state index contributed by atoms with van der Waals surface area (Å²) in [5.74, 6) is 0. The van der Waals surface area contributed by atoms with Gasteiger partial charge in [0.15, 0.2) is 0 Å². The van der Waals surface area contributed by atoms with Gasteiger partial charge in [0.05, 0.1) is 18.2 Å². The molecule has 0 aliphatic rings. The number of hydrogen-bond acceptors (Lipinski definition) is 0. The molecule has 0 nitrogen and oxygen atoms in total. The molecule has 0 aliphatic carbocycles. The molecule has 0 fully saturated rings. The quantitative estimate of drug-likeness (QED) is 0.488. The van der Waals surface area contributed by atoms with Gasteiger partial charge in [0, 0.05) is 0 Å². The molecule has 0 radical (unpaired) electrons. The number of halogens is 7. The van der Waals surface area contributed by atoms with Gasteiger partial charge in [-0.05, 0) is 0 Å². The fourth-order valence-corrected chi connectivity index (χ4v) is 0.924. The van der Waals surface area contributed by atoms with Crippen molar-refractivity contribution in [3.8, 4) is 0 Å². The maximum Gasteiger partial charge on any atom is 0.390 e. The Morgan fingerprint density at radius 3 is 1.25 bits per heavy atom. The van der Waals surface area contributed by atoms with Crippen LogP contribution in [0.4, 0.5) is 26.3 Å². The molecule has 0 aromatic heterocycles. The van der Waals surface area contributed by atoms with Crippen LogP contribution in [-0.2, 0) is 0 Å². The molecule has 0 aliphatic heterocycles. The Morgan fingerprint density at radius 1 is 0.833 bits per heavy atom. The number of hydrogen-bond donors (Lipinski definition) is 0. The molecule has 74 valence electrons. The fourth-order valence-electron chi connectivity index (χ4n) is 0.574. The van der Waals surface area contributed by atoms with Gasteiger partial charge < -0.3 is 0 Å². The van der Waals surface area contributed by atoms with Crippen LogP contribution in [0.2, 0.25) is 0 Å². The zero-order valence-electron chi connectivity index (χ0n) is 5.64. The van der Waals surface area contributed by atoms with Gasteiger partial charge in [-0.25, -0.2) is 0 Å². The molecule has 12 heavy (non-hydrogen) atoms. The monoisotopic (exact) mass is 214 g/mol. The first-order valence-corrected chi connectivity index (χ1v) is 3.31. The Hall–Kier alpha value is -0.130. The molecule has 0 bridgehead atoms. The van der Waals surface area contributed by atoms with Crippen LogP contribution in [0.15, 0.2) is 0 Å². The van der Waals surface area contributed by atoms with Crippen molar-refractivity contribution in [1.29, 1.82) is 0 Å². The molecule has 0 aromatic carbocycles. The van der Waals surface area contributed by atoms with Gasteiger partial charge in [-0.1, -0.05) is 0 Å². The highest BCUT2D eigenvalue weighted by molar-refractivity contribution is 6.20. The second-order valence-corrected chi connectivity index (χ2v) is 2.85. The Bertz CT molecular complexity index is 120. The number of rotatable bonds is 2. The molecule has 0 heterocycles. The Kier molecular flexibility index (Phi) is 3.68. The van der Waals surface area contributed by atoms with Crippen LogP contribution >= 0.6 is 11.6 Å². The third-order valence-electron chi connectivity index (χ3n) is 0.906. The second kappa shape index (κ2) is 3.72. The summed E-state index contributed by atoms with van der Waals surface area (Å²) >= 11 is 4.81. The average molecular weight is 215 g/mol. The Morgan fingerprint density at radius 2 is 1.08 bits per heavy atom. The summed E-state index contributed by atoms with van der Waals surface area (Å²) in [5.41, 5.74) is 0. The molecule has 0 aromatic rings. The van der Waals surface area contributed by atoms with Gasteiger partial charge in [-0.3, -0.25) is 0 Å². The highest BCUT2D eigenvalue weighted by Gasteiger charge is 2.37. The fraction of sp³-hybridized carbons (Fsp3) is 1.00. The third-order valence-corrected chi connectivity index (χ3v) is 1.21. The molecule has 0 N–H and O–H groups in total. The molecule has 0 rings (SSSR count). The van der Waals surface area contributed by atoms with Crippen LogP contribution in [-0.4, -0.2) is 17.7 Å². The van der Waals surface area contributed by atoms with Crippen molar-refractivity contribution in [2.75, 3.05) is 0 Å². The van der Waals surface area contributed by atoms with Crippen molar-refractivity contribution in [1.82, 2.24) is 0 Å². The van der Waals surface area contributed by atoms with Crippen molar-refractivity contribution >= 4 is 11.6 Å². The molecule has 0 saturated heterocycles. The number of alkyl halides is 7. The second-order valence-electron chi connectivity index (χ2n) is 2.24. The van der Waals surface area contributed by atoms with E-state index in [1.165, 1.54) is 0 Å². The Labute approximate surface area is 69.5 Å². The summed E-state index contributed by atoms with van der Waals surface area (Å²) in [6.07, 6.45) is -12.5. The topological polar surface area (TPSA) is 0 Å². The van der Waals surface area contributed by atoms with E-state index in [0.717, 1.165) is 0 Å². The van der Waals surface area contributed by atoms with Gasteiger partial charge in [0.1, 0.15) is 0 Å². The summed E-state index contributed by atoms with van der Waals surface area (Å²) in [6, 6.07) is 0. The zero-order valence-corrected chi connectivity index (χ0v) is 6.39. The standard InChI is InChI=1S/C5H5ClF6/c6-3(1-4(7,8)9)2-5(10,11)12/h3H,1-2H2. The minimum atomic E-state index is -4.64. The minimum Gasteiger partial charge on any atom is -0.171 e. The van der Waals surface area contributed by atoms with E-state index in [9.17, 15) is 26.3 Å². The summed E-state index contributed by atoms with van der Waals surface area (Å²) in [7, 11) is 0. The smallest absolute Gasteiger partial charge is 0.171 e. The average Bonchev–Trinajstić information content (AvgIpc) is 1.49. The predicted molar refractivity (Wildman–Crippen MR) is 31.0 cm³/mol. The van der Waals surface area contributed by atoms with Crippen LogP contribution in [0.3, 0.4) is 0 Å². The summed E-state index contributed by atoms with van der Waals surface area (Å²) in [6.45, 7) is 0. The Balaban J connectivity index is 3.83. The van der Waals surface area contributed by atoms with Crippen LogP contribution in [0.5, 0.6) is 0 Å². The molecule has 0 atom stereocenters. The molecular weight excluding hydrogens is 209 g/mol. The van der Waals surface area contributed by atoms with Crippen LogP contribution in [0.1, 0.15) is 12.8 Å². The lowest BCUT2D eigenvalue weighted by atomic mass is 10.2. The lowest BCUT2D eigenvalue weighted by molar-refractivity contribution is -0.155. The molecule has 0 amide bonds. The van der Waals surface area contributed by atoms with Gasteiger partial charge >= 0.3 is 12.4 Å². The SMILES string of the molecule is FC(F)(F)CC(Cl)CC(F)(F)F. The zero-order chi connectivity index (χ0) is 9.99. The van der Waals surface area contributed by atoms with Gasteiger partial charge in [0.2, 0.25) is 0 Å². The maximum absolute atomic E-state index is 11.4. The van der Waals surface area contributed by atoms with E-state index in [1.807, 2.05) is 0 Å². The van der Waals surface area contributed by atoms with Gasteiger partial charge in [0.25, 0.3) is 0 Å². The molecule has 7 heteroatoms. The van der Waals surface area contributed by atoms with E-state index in [0.29, 0.717) is 0 Å². The van der Waals surface area contributed by atoms with E-state index < -0.39 is 30.6 Å². The van der Waals surface area contributed by atoms with Gasteiger partial charge in [-0.2, -0.15) is 26.3 Å². The minimum absolute atomic E-state index is 1.62. The van der Waals surface area contributed by atoms with Gasteiger partial charge in [-0.15, -0.1) is 11.6 Å². The van der Waals surface area contributed by atoms with Crippen molar-refractivity contribution in [2.24, 2.45) is 0 Å². The normalized spacial score (nSPS) is 14.0. The van der Waals surface area contributed by atoms with Crippen LogP contribution in [0.25, 0.3) is 0 Å². The first-order valence-electron chi connectivity index (χ1n) is 2.88. The molecular formula is C5H5ClF6. The summed E-state index contributed by atoms with van der Waals surface area (Å²) in [5, 5.41) is -1.93. The van der Waals surface area contributed by atoms with E-state index in [1.54, 1.807) is 0 Å². The largest absolute Gasteiger partial charge is 0.390 e. The lowest BCUT2D eigenvalue weighted by Crippen LogP contribution is -2.21. The van der Waals surface area contributed by atoms with Crippen LogP contribution < -0.4 is 0 Å². The van der Waals surface area contributed by atoms with E-state index in [4.69, 9.17) is 11.6 Å². The third kappa shape index (κ3) is 7.97. The highest BCUT2D eigenvalue weighted by Crippen LogP contribution is 2.31. The molecule has 0 spiro atoms. The first-order chi connectivity index (χ1) is 5.10. The molecule has 0 saturated carbocycles. The van der Waals surface area contributed by atoms with Crippen molar-refractivity contribution in [2.45, 2.75) is 30.6 Å². The van der Waals surface area contributed by atoms with Crippen molar-refractivity contribution in [3.05, 3.63) is 0 Å². The van der Waals surface area contributed by atoms with Crippen molar-refractivity contribution < 1.29 is 26.3 Å². The van der Waals surface area contributed by atoms with E-state index in [2.05, 4.69) is 0 Å². The summed E-state index contributed by atoms with van der Waals surface area (Å²) in [4.78, 5) is 0. The maximum atomic E-state index is 11.4.